The Morgan fingerprint density at radius 2 is 2.00 bits per heavy atom. The van der Waals surface area contributed by atoms with Gasteiger partial charge in [-0.2, -0.15) is 0 Å². The molecular weight excluding hydrogens is 264 g/mol. The van der Waals surface area contributed by atoms with Gasteiger partial charge in [0.05, 0.1) is 6.61 Å². The van der Waals surface area contributed by atoms with Crippen molar-refractivity contribution in [3.05, 3.63) is 34.8 Å². The zero-order valence-electron chi connectivity index (χ0n) is 10.5. The van der Waals surface area contributed by atoms with Crippen molar-refractivity contribution in [2.45, 2.75) is 24.6 Å². The smallest absolute Gasteiger partial charge is 0.174 e. The number of aryl methyl sites for hydroxylation is 2. The highest BCUT2D eigenvalue weighted by molar-refractivity contribution is 8.00. The lowest BCUT2D eigenvalue weighted by Crippen LogP contribution is -1.99. The van der Waals surface area contributed by atoms with E-state index in [1.165, 1.54) is 11.1 Å². The molecule has 0 unspecified atom stereocenters. The Labute approximate surface area is 116 Å². The molecule has 1 aromatic heterocycles. The van der Waals surface area contributed by atoms with Crippen LogP contribution in [0.4, 0.5) is 0 Å². The highest BCUT2D eigenvalue weighted by Crippen LogP contribution is 2.20. The molecule has 0 fully saturated rings. The number of hydrogen-bond acceptors (Lipinski definition) is 5. The van der Waals surface area contributed by atoms with E-state index in [0.717, 1.165) is 28.9 Å². The number of hydrogen-bond donors (Lipinski definition) is 0. The topological polar surface area (TPSA) is 35.0 Å². The van der Waals surface area contributed by atoms with E-state index in [2.05, 4.69) is 42.2 Å². The maximum atomic E-state index is 5.74. The summed E-state index contributed by atoms with van der Waals surface area (Å²) >= 11 is 3.31. The maximum Gasteiger partial charge on any atom is 0.174 e. The lowest BCUT2D eigenvalue weighted by atomic mass is 10.1. The van der Waals surface area contributed by atoms with Gasteiger partial charge in [-0.05, 0) is 43.5 Å². The Hall–Kier alpha value is -1.07. The summed E-state index contributed by atoms with van der Waals surface area (Å²) in [5.74, 6) is 1.98. The maximum absolute atomic E-state index is 5.74. The molecule has 0 spiro atoms. The zero-order valence-corrected chi connectivity index (χ0v) is 12.2. The van der Waals surface area contributed by atoms with Crippen LogP contribution in [-0.4, -0.2) is 22.6 Å². The Kier molecular flexibility index (Phi) is 5.01. The average Bonchev–Trinajstić information content (AvgIpc) is 2.80. The van der Waals surface area contributed by atoms with E-state index in [0.29, 0.717) is 0 Å². The van der Waals surface area contributed by atoms with E-state index in [-0.39, 0.29) is 0 Å². The van der Waals surface area contributed by atoms with Crippen molar-refractivity contribution in [2.75, 3.05) is 12.4 Å². The number of thioether (sulfide) groups is 1. The largest absolute Gasteiger partial charge is 0.494 e. The number of nitrogens with zero attached hydrogens (tertiary/aromatic N) is 2. The molecule has 1 heterocycles. The fraction of sp³-hybridized carbons (Fsp3) is 0.385. The van der Waals surface area contributed by atoms with Crippen LogP contribution in [0.5, 0.6) is 5.75 Å². The quantitative estimate of drug-likeness (QED) is 0.597. The molecule has 0 aliphatic rings. The van der Waals surface area contributed by atoms with Crippen LogP contribution in [0.1, 0.15) is 17.5 Å². The van der Waals surface area contributed by atoms with Crippen LogP contribution in [-0.2, 0) is 0 Å². The first kappa shape index (κ1) is 13.4. The predicted molar refractivity (Wildman–Crippen MR) is 76.7 cm³/mol. The second-order valence-corrected chi connectivity index (χ2v) is 6.25. The van der Waals surface area contributed by atoms with Crippen molar-refractivity contribution in [2.24, 2.45) is 0 Å². The summed E-state index contributed by atoms with van der Waals surface area (Å²) in [6.45, 7) is 4.92. The highest BCUT2D eigenvalue weighted by atomic mass is 32.2. The van der Waals surface area contributed by atoms with Crippen molar-refractivity contribution in [1.82, 2.24) is 10.2 Å². The summed E-state index contributed by atoms with van der Waals surface area (Å²) in [5.41, 5.74) is 4.25. The fourth-order valence-corrected chi connectivity index (χ4v) is 3.12. The highest BCUT2D eigenvalue weighted by Gasteiger charge is 1.99. The number of ether oxygens (including phenoxy) is 1. The van der Waals surface area contributed by atoms with E-state index in [1.54, 1.807) is 28.6 Å². The zero-order chi connectivity index (χ0) is 12.8. The van der Waals surface area contributed by atoms with Gasteiger partial charge in [-0.1, -0.05) is 29.2 Å². The van der Waals surface area contributed by atoms with Crippen LogP contribution >= 0.6 is 23.1 Å². The van der Waals surface area contributed by atoms with Gasteiger partial charge in [0, 0.05) is 5.75 Å². The first-order valence-electron chi connectivity index (χ1n) is 5.84. The molecule has 3 nitrogen and oxygen atoms in total. The van der Waals surface area contributed by atoms with Crippen molar-refractivity contribution in [1.29, 1.82) is 0 Å². The van der Waals surface area contributed by atoms with E-state index < -0.39 is 0 Å². The van der Waals surface area contributed by atoms with Crippen LogP contribution in [0, 0.1) is 13.8 Å². The van der Waals surface area contributed by atoms with E-state index in [4.69, 9.17) is 4.74 Å². The van der Waals surface area contributed by atoms with Crippen molar-refractivity contribution >= 4 is 23.1 Å². The van der Waals surface area contributed by atoms with Gasteiger partial charge < -0.3 is 4.74 Å². The molecule has 0 amide bonds. The SMILES string of the molecule is Cc1cc(C)cc(OCCCSc2nncs2)c1. The van der Waals surface area contributed by atoms with E-state index in [9.17, 15) is 0 Å². The van der Waals surface area contributed by atoms with Crippen LogP contribution in [0.15, 0.2) is 28.0 Å². The van der Waals surface area contributed by atoms with Crippen LogP contribution in [0.25, 0.3) is 0 Å². The molecule has 0 aliphatic heterocycles. The second kappa shape index (κ2) is 6.75. The Balaban J connectivity index is 1.68. The molecule has 2 rings (SSSR count). The lowest BCUT2D eigenvalue weighted by molar-refractivity contribution is 0.318. The molecule has 5 heteroatoms. The minimum Gasteiger partial charge on any atom is -0.494 e. The number of aromatic nitrogens is 2. The summed E-state index contributed by atoms with van der Waals surface area (Å²) in [4.78, 5) is 0. The van der Waals surface area contributed by atoms with Gasteiger partial charge >= 0.3 is 0 Å². The van der Waals surface area contributed by atoms with Crippen LogP contribution in [0.2, 0.25) is 0 Å². The molecule has 96 valence electrons. The molecule has 2 aromatic rings. The summed E-state index contributed by atoms with van der Waals surface area (Å²) in [7, 11) is 0. The normalized spacial score (nSPS) is 10.6. The molecule has 0 radical (unpaired) electrons. The third-order valence-corrected chi connectivity index (χ3v) is 4.26. The van der Waals surface area contributed by atoms with Gasteiger partial charge in [0.1, 0.15) is 11.3 Å². The lowest BCUT2D eigenvalue weighted by Gasteiger charge is -2.07. The van der Waals surface area contributed by atoms with Gasteiger partial charge in [-0.15, -0.1) is 10.2 Å². The van der Waals surface area contributed by atoms with Gasteiger partial charge in [0.15, 0.2) is 4.34 Å². The minimum atomic E-state index is 0.745. The molecule has 18 heavy (non-hydrogen) atoms. The Bertz CT molecular complexity index is 465. The molecule has 0 saturated carbocycles. The van der Waals surface area contributed by atoms with Crippen LogP contribution < -0.4 is 4.74 Å². The average molecular weight is 280 g/mol. The predicted octanol–water partition coefficient (Wildman–Crippen LogP) is 3.72. The minimum absolute atomic E-state index is 0.745. The summed E-state index contributed by atoms with van der Waals surface area (Å²) in [6.07, 6.45) is 1.01. The second-order valence-electron chi connectivity index (χ2n) is 4.08. The van der Waals surface area contributed by atoms with Crippen LogP contribution in [0.3, 0.4) is 0 Å². The van der Waals surface area contributed by atoms with Gasteiger partial charge in [0.2, 0.25) is 0 Å². The Morgan fingerprint density at radius 3 is 2.67 bits per heavy atom. The molecule has 1 aromatic carbocycles. The van der Waals surface area contributed by atoms with Gasteiger partial charge in [-0.3, -0.25) is 0 Å². The third kappa shape index (κ3) is 4.31. The monoisotopic (exact) mass is 280 g/mol. The van der Waals surface area contributed by atoms with E-state index in [1.807, 2.05) is 0 Å². The number of benzene rings is 1. The molecule has 0 bridgehead atoms. The fourth-order valence-electron chi connectivity index (χ4n) is 1.65. The molecule has 0 N–H and O–H groups in total. The first-order valence-corrected chi connectivity index (χ1v) is 7.70. The Morgan fingerprint density at radius 1 is 1.22 bits per heavy atom. The summed E-state index contributed by atoms with van der Waals surface area (Å²) in [6, 6.07) is 6.30. The first-order chi connectivity index (χ1) is 8.74. The molecule has 0 atom stereocenters. The molecule has 0 saturated heterocycles. The standard InChI is InChI=1S/C13H16N2OS2/c1-10-6-11(2)8-12(7-10)16-4-3-5-17-13-15-14-9-18-13/h6-9H,3-5H2,1-2H3. The third-order valence-electron chi connectivity index (χ3n) is 2.32. The molecular formula is C13H16N2OS2. The van der Waals surface area contributed by atoms with Gasteiger partial charge in [-0.25, -0.2) is 0 Å². The van der Waals surface area contributed by atoms with Crippen molar-refractivity contribution in [3.8, 4) is 5.75 Å². The summed E-state index contributed by atoms with van der Waals surface area (Å²) in [5, 5.41) is 7.79. The number of rotatable bonds is 6. The molecule has 0 aliphatic carbocycles. The van der Waals surface area contributed by atoms with Crippen molar-refractivity contribution < 1.29 is 4.74 Å². The summed E-state index contributed by atoms with van der Waals surface area (Å²) < 4.78 is 6.77. The van der Waals surface area contributed by atoms with Gasteiger partial charge in [0.25, 0.3) is 0 Å². The van der Waals surface area contributed by atoms with E-state index >= 15 is 0 Å². The van der Waals surface area contributed by atoms with Crippen molar-refractivity contribution in [3.63, 3.8) is 0 Å².